The summed E-state index contributed by atoms with van der Waals surface area (Å²) in [5.74, 6) is -0.302. The lowest BCUT2D eigenvalue weighted by Crippen LogP contribution is -2.23. The Morgan fingerprint density at radius 3 is 2.68 bits per heavy atom. The molecule has 1 N–H and O–H groups in total. The molecular weight excluding hydrogens is 285 g/mol. The van der Waals surface area contributed by atoms with Crippen molar-refractivity contribution in [3.8, 4) is 5.69 Å². The van der Waals surface area contributed by atoms with Crippen LogP contribution in [0.3, 0.4) is 0 Å². The minimum atomic E-state index is -0.252. The molecule has 0 saturated carbocycles. The van der Waals surface area contributed by atoms with Crippen molar-refractivity contribution in [3.05, 3.63) is 46.2 Å². The van der Waals surface area contributed by atoms with Crippen molar-refractivity contribution < 1.29 is 4.79 Å². The van der Waals surface area contributed by atoms with Gasteiger partial charge in [0, 0.05) is 13.2 Å². The van der Waals surface area contributed by atoms with Gasteiger partial charge in [0.25, 0.3) is 0 Å². The molecule has 1 atom stereocenters. The van der Waals surface area contributed by atoms with Crippen LogP contribution in [-0.2, 0) is 4.79 Å². The summed E-state index contributed by atoms with van der Waals surface area (Å²) in [6.07, 6.45) is 3.21. The van der Waals surface area contributed by atoms with Crippen molar-refractivity contribution in [2.24, 2.45) is 0 Å². The van der Waals surface area contributed by atoms with Gasteiger partial charge in [-0.1, -0.05) is 29.3 Å². The number of aromatic nitrogens is 2. The molecule has 0 aliphatic heterocycles. The third kappa shape index (κ3) is 2.91. The van der Waals surface area contributed by atoms with E-state index >= 15 is 0 Å². The van der Waals surface area contributed by atoms with Crippen molar-refractivity contribution in [2.45, 2.75) is 12.8 Å². The molecule has 1 heterocycles. The Balaban J connectivity index is 2.34. The zero-order valence-corrected chi connectivity index (χ0v) is 12.0. The van der Waals surface area contributed by atoms with Crippen molar-refractivity contribution in [2.75, 3.05) is 7.05 Å². The molecule has 100 valence electrons. The lowest BCUT2D eigenvalue weighted by molar-refractivity contribution is -0.121. The molecule has 6 heteroatoms. The second-order valence-electron chi connectivity index (χ2n) is 4.15. The van der Waals surface area contributed by atoms with E-state index in [2.05, 4.69) is 10.4 Å². The van der Waals surface area contributed by atoms with Crippen LogP contribution < -0.4 is 5.32 Å². The van der Waals surface area contributed by atoms with E-state index in [9.17, 15) is 4.79 Å². The Bertz CT molecular complexity index is 610. The van der Waals surface area contributed by atoms with Crippen LogP contribution in [-0.4, -0.2) is 22.7 Å². The summed E-state index contributed by atoms with van der Waals surface area (Å²) < 4.78 is 1.60. The van der Waals surface area contributed by atoms with Crippen molar-refractivity contribution in [1.82, 2.24) is 15.1 Å². The van der Waals surface area contributed by atoms with E-state index in [0.29, 0.717) is 10.0 Å². The summed E-state index contributed by atoms with van der Waals surface area (Å²) >= 11 is 12.1. The molecule has 0 aliphatic carbocycles. The summed E-state index contributed by atoms with van der Waals surface area (Å²) in [4.78, 5) is 11.6. The third-order valence-electron chi connectivity index (χ3n) is 2.91. The monoisotopic (exact) mass is 297 g/mol. The highest BCUT2D eigenvalue weighted by Crippen LogP contribution is 2.26. The molecule has 0 spiro atoms. The molecule has 1 amide bonds. The predicted octanol–water partition coefficient (Wildman–Crippen LogP) is 3.03. The quantitative estimate of drug-likeness (QED) is 0.946. The summed E-state index contributed by atoms with van der Waals surface area (Å²) in [5, 5.41) is 7.77. The molecule has 1 aromatic heterocycles. The van der Waals surface area contributed by atoms with Gasteiger partial charge in [0.05, 0.1) is 27.8 Å². The second-order valence-corrected chi connectivity index (χ2v) is 4.99. The Labute approximate surface area is 121 Å². The first-order valence-electron chi connectivity index (χ1n) is 5.74. The van der Waals surface area contributed by atoms with Crippen molar-refractivity contribution >= 4 is 29.1 Å². The molecular formula is C13H13Cl2N3O. The fraction of sp³-hybridized carbons (Fsp3) is 0.231. The normalized spacial score (nSPS) is 12.2. The second kappa shape index (κ2) is 5.63. The average molecular weight is 298 g/mol. The number of hydrogen-bond acceptors (Lipinski definition) is 2. The molecule has 2 aromatic rings. The minimum absolute atomic E-state index is 0.0500. The van der Waals surface area contributed by atoms with Crippen molar-refractivity contribution in [1.29, 1.82) is 0 Å². The van der Waals surface area contributed by atoms with Gasteiger partial charge in [-0.3, -0.25) is 4.79 Å². The summed E-state index contributed by atoms with van der Waals surface area (Å²) in [7, 11) is 1.61. The number of hydrogen-bond donors (Lipinski definition) is 1. The molecule has 0 bridgehead atoms. The number of carbonyl (C=O) groups is 1. The zero-order chi connectivity index (χ0) is 14.0. The fourth-order valence-electron chi connectivity index (χ4n) is 1.78. The number of carbonyl (C=O) groups excluding carboxylic acids is 1. The van der Waals surface area contributed by atoms with Gasteiger partial charge in [-0.25, -0.2) is 4.68 Å². The molecule has 0 fully saturated rings. The maximum atomic E-state index is 11.6. The highest BCUT2D eigenvalue weighted by molar-refractivity contribution is 6.32. The first-order valence-corrected chi connectivity index (χ1v) is 6.50. The maximum absolute atomic E-state index is 11.6. The van der Waals surface area contributed by atoms with Gasteiger partial charge in [-0.15, -0.1) is 0 Å². The Hall–Kier alpha value is -1.52. The first-order chi connectivity index (χ1) is 9.02. The summed E-state index contributed by atoms with van der Waals surface area (Å²) in [6, 6.07) is 5.45. The van der Waals surface area contributed by atoms with Crippen molar-refractivity contribution in [3.63, 3.8) is 0 Å². The van der Waals surface area contributed by atoms with E-state index in [1.54, 1.807) is 30.2 Å². The van der Waals surface area contributed by atoms with Gasteiger partial charge >= 0.3 is 0 Å². The number of benzene rings is 1. The van der Waals surface area contributed by atoms with Gasteiger partial charge in [0.1, 0.15) is 0 Å². The van der Waals surface area contributed by atoms with E-state index in [1.807, 2.05) is 19.1 Å². The van der Waals surface area contributed by atoms with Crippen LogP contribution in [0.5, 0.6) is 0 Å². The van der Waals surface area contributed by atoms with Gasteiger partial charge in [0.15, 0.2) is 0 Å². The molecule has 4 nitrogen and oxygen atoms in total. The lowest BCUT2D eigenvalue weighted by Gasteiger charge is -2.12. The van der Waals surface area contributed by atoms with Crippen LogP contribution in [0.25, 0.3) is 5.69 Å². The Kier molecular flexibility index (Phi) is 4.12. The zero-order valence-electron chi connectivity index (χ0n) is 10.5. The highest BCUT2D eigenvalue weighted by atomic mass is 35.5. The van der Waals surface area contributed by atoms with E-state index < -0.39 is 0 Å². The average Bonchev–Trinajstić information content (AvgIpc) is 2.83. The number of amides is 1. The minimum Gasteiger partial charge on any atom is -0.359 e. The summed E-state index contributed by atoms with van der Waals surface area (Å²) in [5.41, 5.74) is 1.58. The molecule has 1 unspecified atom stereocenters. The molecule has 2 rings (SSSR count). The van der Waals surface area contributed by atoms with Gasteiger partial charge in [0.2, 0.25) is 5.91 Å². The van der Waals surface area contributed by atoms with E-state index in [4.69, 9.17) is 23.2 Å². The number of nitrogens with one attached hydrogen (secondary N) is 1. The fourth-order valence-corrected chi connectivity index (χ4v) is 2.19. The third-order valence-corrected chi connectivity index (χ3v) is 3.41. The van der Waals surface area contributed by atoms with E-state index in [1.165, 1.54) is 0 Å². The van der Waals surface area contributed by atoms with E-state index in [0.717, 1.165) is 11.3 Å². The molecule has 0 aliphatic rings. The standard InChI is InChI=1S/C13H13Cl2N3O/c1-8(13(19)16-2)9-3-4-12(11(15)5-9)18-7-10(14)6-17-18/h3-8H,1-2H3,(H,16,19). The van der Waals surface area contributed by atoms with Crippen LogP contribution in [0.1, 0.15) is 18.4 Å². The predicted molar refractivity (Wildman–Crippen MR) is 76.1 cm³/mol. The van der Waals surface area contributed by atoms with E-state index in [-0.39, 0.29) is 11.8 Å². The Morgan fingerprint density at radius 1 is 1.42 bits per heavy atom. The molecule has 19 heavy (non-hydrogen) atoms. The largest absolute Gasteiger partial charge is 0.359 e. The molecule has 0 radical (unpaired) electrons. The van der Waals surface area contributed by atoms with Crippen LogP contribution in [0.2, 0.25) is 10.0 Å². The number of likely N-dealkylation sites (N-methyl/N-ethyl adjacent to an activating group) is 1. The lowest BCUT2D eigenvalue weighted by atomic mass is 10.00. The number of nitrogens with zero attached hydrogens (tertiary/aromatic N) is 2. The van der Waals surface area contributed by atoms with Gasteiger partial charge in [-0.2, -0.15) is 5.10 Å². The van der Waals surface area contributed by atoms with Gasteiger partial charge in [-0.05, 0) is 24.6 Å². The molecule has 1 aromatic carbocycles. The summed E-state index contributed by atoms with van der Waals surface area (Å²) in [6.45, 7) is 1.83. The van der Waals surface area contributed by atoms with Crippen LogP contribution >= 0.6 is 23.2 Å². The van der Waals surface area contributed by atoms with Crippen LogP contribution in [0, 0.1) is 0 Å². The number of rotatable bonds is 3. The molecule has 0 saturated heterocycles. The van der Waals surface area contributed by atoms with Gasteiger partial charge < -0.3 is 5.32 Å². The first kappa shape index (κ1) is 13.9. The van der Waals surface area contributed by atoms with Crippen LogP contribution in [0.4, 0.5) is 0 Å². The number of halogens is 2. The van der Waals surface area contributed by atoms with Crippen LogP contribution in [0.15, 0.2) is 30.6 Å². The topological polar surface area (TPSA) is 46.9 Å². The smallest absolute Gasteiger partial charge is 0.227 e. The highest BCUT2D eigenvalue weighted by Gasteiger charge is 2.15. The SMILES string of the molecule is CNC(=O)C(C)c1ccc(-n2cc(Cl)cn2)c(Cl)c1. The Morgan fingerprint density at radius 2 is 2.16 bits per heavy atom. The maximum Gasteiger partial charge on any atom is 0.227 e.